The Labute approximate surface area is 171 Å². The molecule has 1 aliphatic rings. The van der Waals surface area contributed by atoms with Crippen LogP contribution in [0.3, 0.4) is 0 Å². The number of carbonyl (C=O) groups is 1. The van der Waals surface area contributed by atoms with E-state index < -0.39 is 12.6 Å². The van der Waals surface area contributed by atoms with E-state index in [-0.39, 0.29) is 12.5 Å². The molecule has 1 amide bonds. The van der Waals surface area contributed by atoms with Crippen molar-refractivity contribution < 1.29 is 13.6 Å². The first-order valence-corrected chi connectivity index (χ1v) is 10.5. The number of ether oxygens (including phenoxy) is 1. The molecule has 1 aliphatic heterocycles. The number of likely N-dealkylation sites (tertiary alicyclic amines) is 1. The number of thiophene rings is 1. The zero-order valence-corrected chi connectivity index (χ0v) is 16.7. The number of benzene rings is 1. The fourth-order valence-electron chi connectivity index (χ4n) is 3.90. The summed E-state index contributed by atoms with van der Waals surface area (Å²) in [7, 11) is -2.49. The average molecular weight is 391 g/mol. The van der Waals surface area contributed by atoms with Gasteiger partial charge < -0.3 is 14.5 Å². The molecule has 0 atom stereocenters. The van der Waals surface area contributed by atoms with Crippen LogP contribution in [-0.2, 0) is 16.0 Å². The van der Waals surface area contributed by atoms with Crippen LogP contribution >= 0.6 is 11.3 Å². The van der Waals surface area contributed by atoms with Gasteiger partial charge in [0.25, 0.3) is 0 Å². The minimum atomic E-state index is -2.49. The predicted octanol–water partition coefficient (Wildman–Crippen LogP) is 4.21. The Morgan fingerprint density at radius 2 is 2.04 bits per heavy atom. The Morgan fingerprint density at radius 3 is 2.67 bits per heavy atom. The van der Waals surface area contributed by atoms with E-state index in [4.69, 9.17) is 8.85 Å². The quantitative estimate of drug-likeness (QED) is 0.633. The predicted molar refractivity (Wildman–Crippen MR) is 113 cm³/mol. The van der Waals surface area contributed by atoms with Gasteiger partial charge in [0.1, 0.15) is 0 Å². The number of methoxy groups -OCH3 is 1. The number of hydrogen-bond donors (Lipinski definition) is 0. The van der Waals surface area contributed by atoms with Crippen LogP contribution in [0, 0.1) is 0 Å². The highest BCUT2D eigenvalue weighted by atomic mass is 32.1. The number of para-hydroxylation sites is 1. The second-order valence-corrected chi connectivity index (χ2v) is 8.13. The van der Waals surface area contributed by atoms with Crippen molar-refractivity contribution in [3.63, 3.8) is 0 Å². The second kappa shape index (κ2) is 9.49. The molecule has 0 aliphatic carbocycles. The molecule has 4 nitrogen and oxygen atoms in total. The molecule has 0 radical (unpaired) electrons. The van der Waals surface area contributed by atoms with Gasteiger partial charge in [0.15, 0.2) is 0 Å². The number of carbonyl (C=O) groups excluding carboxylic acids is 1. The SMILES string of the molecule is [2H][13C]([2H])([2H])OCC1(N(C(=O)CC)c2ccccc2)CCN(CCc2cccs2)CC1. The molecular weight excluding hydrogens is 357 g/mol. The van der Waals surface area contributed by atoms with Gasteiger partial charge in [0, 0.05) is 43.7 Å². The summed E-state index contributed by atoms with van der Waals surface area (Å²) in [6, 6.07) is 13.8. The van der Waals surface area contributed by atoms with Crippen LogP contribution in [0.25, 0.3) is 0 Å². The van der Waals surface area contributed by atoms with E-state index in [1.165, 1.54) is 4.88 Å². The van der Waals surface area contributed by atoms with Crippen LogP contribution in [0.4, 0.5) is 5.69 Å². The molecule has 1 fully saturated rings. The molecular formula is C22H30N2O2S. The number of rotatable bonds is 8. The number of hydrogen-bond acceptors (Lipinski definition) is 4. The van der Waals surface area contributed by atoms with Crippen molar-refractivity contribution in [2.24, 2.45) is 0 Å². The third-order valence-corrected chi connectivity index (χ3v) is 6.36. The zero-order chi connectivity index (χ0) is 21.6. The molecule has 3 rings (SSSR count). The molecule has 146 valence electrons. The fourth-order valence-corrected chi connectivity index (χ4v) is 4.60. The summed E-state index contributed by atoms with van der Waals surface area (Å²) in [6.45, 7) is 4.41. The van der Waals surface area contributed by atoms with Gasteiger partial charge in [-0.1, -0.05) is 31.2 Å². The maximum Gasteiger partial charge on any atom is 0.227 e. The molecule has 27 heavy (non-hydrogen) atoms. The first-order chi connectivity index (χ1) is 14.3. The van der Waals surface area contributed by atoms with Crippen LogP contribution in [0.2, 0.25) is 0 Å². The van der Waals surface area contributed by atoms with Crippen molar-refractivity contribution in [1.29, 1.82) is 0 Å². The Bertz CT molecular complexity index is 788. The summed E-state index contributed by atoms with van der Waals surface area (Å²) >= 11 is 1.77. The van der Waals surface area contributed by atoms with Gasteiger partial charge in [-0.05, 0) is 42.8 Å². The Hall–Kier alpha value is -1.69. The summed E-state index contributed by atoms with van der Waals surface area (Å²) in [5, 5.41) is 2.09. The van der Waals surface area contributed by atoms with Crippen LogP contribution in [-0.4, -0.2) is 49.6 Å². The number of nitrogens with zero attached hydrogens (tertiary/aromatic N) is 2. The Morgan fingerprint density at radius 1 is 1.26 bits per heavy atom. The minimum Gasteiger partial charge on any atom is -0.382 e. The highest BCUT2D eigenvalue weighted by Gasteiger charge is 2.42. The van der Waals surface area contributed by atoms with Crippen molar-refractivity contribution in [3.05, 3.63) is 52.7 Å². The van der Waals surface area contributed by atoms with Crippen LogP contribution < -0.4 is 4.90 Å². The van der Waals surface area contributed by atoms with E-state index in [0.29, 0.717) is 19.3 Å². The zero-order valence-electron chi connectivity index (χ0n) is 18.9. The molecule has 1 aromatic carbocycles. The van der Waals surface area contributed by atoms with Crippen molar-refractivity contribution in [2.45, 2.75) is 38.1 Å². The molecule has 0 unspecified atom stereocenters. The van der Waals surface area contributed by atoms with Crippen molar-refractivity contribution in [2.75, 3.05) is 38.2 Å². The lowest BCUT2D eigenvalue weighted by atomic mass is 9.85. The van der Waals surface area contributed by atoms with Crippen LogP contribution in [0.15, 0.2) is 47.8 Å². The van der Waals surface area contributed by atoms with Crippen molar-refractivity contribution >= 4 is 22.9 Å². The van der Waals surface area contributed by atoms with Crippen LogP contribution in [0.1, 0.15) is 35.2 Å². The third kappa shape index (κ3) is 4.78. The number of piperidine rings is 1. The maximum absolute atomic E-state index is 13.0. The molecule has 5 heteroatoms. The van der Waals surface area contributed by atoms with E-state index in [9.17, 15) is 4.79 Å². The first kappa shape index (κ1) is 16.3. The van der Waals surface area contributed by atoms with Gasteiger partial charge in [0.05, 0.1) is 16.3 Å². The van der Waals surface area contributed by atoms with Gasteiger partial charge in [-0.2, -0.15) is 0 Å². The molecule has 2 heterocycles. The van der Waals surface area contributed by atoms with Gasteiger partial charge in [-0.15, -0.1) is 11.3 Å². The van der Waals surface area contributed by atoms with E-state index in [2.05, 4.69) is 22.4 Å². The largest absolute Gasteiger partial charge is 0.382 e. The van der Waals surface area contributed by atoms with Gasteiger partial charge in [-0.3, -0.25) is 4.79 Å². The summed E-state index contributed by atoms with van der Waals surface area (Å²) in [4.78, 5) is 18.6. The van der Waals surface area contributed by atoms with E-state index in [1.54, 1.807) is 16.2 Å². The van der Waals surface area contributed by atoms with Gasteiger partial charge in [0.2, 0.25) is 5.91 Å². The summed E-state index contributed by atoms with van der Waals surface area (Å²) in [5.41, 5.74) is 0.132. The Balaban J connectivity index is 1.79. The third-order valence-electron chi connectivity index (χ3n) is 5.42. The van der Waals surface area contributed by atoms with Crippen molar-refractivity contribution in [3.8, 4) is 0 Å². The first-order valence-electron chi connectivity index (χ1n) is 11.1. The molecule has 0 N–H and O–H groups in total. The topological polar surface area (TPSA) is 32.8 Å². The standard InChI is InChI=1S/C22H30N2O2S/c1-3-21(25)24(19-8-5-4-6-9-19)22(18-26-2)12-15-23(16-13-22)14-11-20-10-7-17-27-20/h4-10,17H,3,11-16,18H2,1-2H3/i2+1D3. The van der Waals surface area contributed by atoms with Gasteiger partial charge in [-0.25, -0.2) is 0 Å². The van der Waals surface area contributed by atoms with Crippen molar-refractivity contribution in [1.82, 2.24) is 4.90 Å². The van der Waals surface area contributed by atoms with E-state index >= 15 is 0 Å². The number of amides is 1. The van der Waals surface area contributed by atoms with Gasteiger partial charge >= 0.3 is 0 Å². The highest BCUT2D eigenvalue weighted by molar-refractivity contribution is 7.09. The average Bonchev–Trinajstić information content (AvgIpc) is 3.26. The molecule has 0 spiro atoms. The summed E-state index contributed by atoms with van der Waals surface area (Å²) in [6.07, 6.45) is 2.71. The number of anilines is 1. The van der Waals surface area contributed by atoms with E-state index in [0.717, 1.165) is 31.7 Å². The molecule has 1 aromatic heterocycles. The lowest BCUT2D eigenvalue weighted by Crippen LogP contribution is -2.60. The molecule has 2 aromatic rings. The van der Waals surface area contributed by atoms with Crippen LogP contribution in [0.5, 0.6) is 0 Å². The Kier molecular flexibility index (Phi) is 5.72. The highest BCUT2D eigenvalue weighted by Crippen LogP contribution is 2.34. The lowest BCUT2D eigenvalue weighted by Gasteiger charge is -2.48. The lowest BCUT2D eigenvalue weighted by molar-refractivity contribution is -0.120. The van der Waals surface area contributed by atoms with E-state index in [1.807, 2.05) is 37.3 Å². The molecule has 0 bridgehead atoms. The summed E-state index contributed by atoms with van der Waals surface area (Å²) in [5.74, 6) is -0.0117. The fraction of sp³-hybridized carbons (Fsp3) is 0.500. The minimum absolute atomic E-state index is 0.00288. The second-order valence-electron chi connectivity index (χ2n) is 7.10. The molecule has 0 saturated carbocycles. The maximum atomic E-state index is 13.0. The summed E-state index contributed by atoms with van der Waals surface area (Å²) < 4.78 is 27.9. The smallest absolute Gasteiger partial charge is 0.227 e. The molecule has 1 saturated heterocycles. The monoisotopic (exact) mass is 390 g/mol. The normalized spacial score (nSPS) is 19.1.